The molecule has 0 saturated heterocycles. The molecule has 4 aliphatic carbocycles. The molecule has 0 aliphatic heterocycles. The molecule has 0 bridgehead atoms. The Hall–Kier alpha value is 0. The minimum Gasteiger partial charge on any atom is -0.0628 e. The second-order valence-electron chi connectivity index (χ2n) is 12.4. The van der Waals surface area contributed by atoms with Gasteiger partial charge in [-0.3, -0.25) is 0 Å². The van der Waals surface area contributed by atoms with Crippen LogP contribution in [0.25, 0.3) is 0 Å². The van der Waals surface area contributed by atoms with Crippen molar-refractivity contribution in [2.24, 2.45) is 52.3 Å². The second kappa shape index (κ2) is 7.68. The van der Waals surface area contributed by atoms with Crippen molar-refractivity contribution in [2.75, 3.05) is 0 Å². The smallest absolute Gasteiger partial charge is 0.0264 e. The van der Waals surface area contributed by atoms with Crippen LogP contribution in [0.4, 0.5) is 0 Å². The van der Waals surface area contributed by atoms with E-state index < -0.39 is 0 Å². The topological polar surface area (TPSA) is 0 Å². The van der Waals surface area contributed by atoms with Gasteiger partial charge in [0.05, 0.1) is 0 Å². The van der Waals surface area contributed by atoms with E-state index in [1.807, 2.05) is 0 Å². The van der Waals surface area contributed by atoms with E-state index in [9.17, 15) is 0 Å². The van der Waals surface area contributed by atoms with Crippen LogP contribution in [0.5, 0.6) is 0 Å². The Morgan fingerprint density at radius 1 is 0.741 bits per heavy atom. The molecule has 0 heterocycles. The van der Waals surface area contributed by atoms with E-state index in [-0.39, 0.29) is 0 Å². The lowest BCUT2D eigenvalue weighted by molar-refractivity contribution is -0.114. The van der Waals surface area contributed by atoms with E-state index in [4.69, 9.17) is 0 Å². The van der Waals surface area contributed by atoms with Gasteiger partial charge in [0.1, 0.15) is 0 Å². The maximum Gasteiger partial charge on any atom is -0.0264 e. The molecular formula is C27H48. The van der Waals surface area contributed by atoms with E-state index in [1.54, 1.807) is 51.4 Å². The zero-order valence-corrected chi connectivity index (χ0v) is 19.2. The molecule has 4 saturated carbocycles. The van der Waals surface area contributed by atoms with Gasteiger partial charge in [-0.2, -0.15) is 0 Å². The summed E-state index contributed by atoms with van der Waals surface area (Å²) >= 11 is 0. The van der Waals surface area contributed by atoms with Crippen LogP contribution in [-0.2, 0) is 0 Å². The quantitative estimate of drug-likeness (QED) is 0.453. The molecule has 0 spiro atoms. The minimum absolute atomic E-state index is 0.677. The van der Waals surface area contributed by atoms with E-state index in [0.717, 1.165) is 41.4 Å². The Kier molecular flexibility index (Phi) is 5.77. The molecule has 27 heavy (non-hydrogen) atoms. The van der Waals surface area contributed by atoms with Gasteiger partial charge in [0.25, 0.3) is 0 Å². The Morgan fingerprint density at radius 3 is 2.30 bits per heavy atom. The normalized spacial score (nSPS) is 48.0. The van der Waals surface area contributed by atoms with Crippen molar-refractivity contribution in [1.29, 1.82) is 0 Å². The number of hydrogen-bond acceptors (Lipinski definition) is 0. The van der Waals surface area contributed by atoms with Gasteiger partial charge in [-0.1, -0.05) is 66.7 Å². The first-order valence-corrected chi connectivity index (χ1v) is 12.9. The molecule has 2 unspecified atom stereocenters. The standard InChI is InChI=1S/C27H48/c1-19(2)9-8-10-20(3)23-14-15-24-22-13-12-21-11-6-7-17-26(21,4)25(22)16-18-27(23,24)5/h19-25H,6-18H2,1-5H3/t20-,21+,22+,23+,24-,25-,26?,27?/m0/s1. The van der Waals surface area contributed by atoms with Gasteiger partial charge < -0.3 is 0 Å². The third kappa shape index (κ3) is 3.44. The SMILES string of the molecule is CC(C)CCC[C@H](C)[C@H]1CC[C@H]2[C@H]3CC[C@H]4CCCCC4(C)[C@H]3CCC12C. The van der Waals surface area contributed by atoms with Crippen LogP contribution >= 0.6 is 0 Å². The highest BCUT2D eigenvalue weighted by molar-refractivity contribution is 5.09. The van der Waals surface area contributed by atoms with Crippen molar-refractivity contribution in [3.05, 3.63) is 0 Å². The first kappa shape index (κ1) is 20.3. The molecule has 8 atom stereocenters. The molecule has 0 radical (unpaired) electrons. The third-order valence-electron chi connectivity index (χ3n) is 10.8. The Labute approximate surface area is 170 Å². The highest BCUT2D eigenvalue weighted by atomic mass is 14.6. The van der Waals surface area contributed by atoms with Crippen LogP contribution < -0.4 is 0 Å². The van der Waals surface area contributed by atoms with Crippen molar-refractivity contribution in [3.63, 3.8) is 0 Å². The highest BCUT2D eigenvalue weighted by Crippen LogP contribution is 2.68. The maximum absolute atomic E-state index is 2.75. The van der Waals surface area contributed by atoms with E-state index in [0.29, 0.717) is 10.8 Å². The summed E-state index contributed by atoms with van der Waals surface area (Å²) in [6.07, 6.45) is 19.9. The Bertz CT molecular complexity index is 506. The average Bonchev–Trinajstić information content (AvgIpc) is 2.98. The summed E-state index contributed by atoms with van der Waals surface area (Å²) in [5.41, 5.74) is 1.39. The first-order chi connectivity index (χ1) is 12.9. The lowest BCUT2D eigenvalue weighted by Crippen LogP contribution is -2.53. The van der Waals surface area contributed by atoms with Crippen LogP contribution in [0.1, 0.15) is 118 Å². The summed E-state index contributed by atoms with van der Waals surface area (Å²) in [5.74, 6) is 7.15. The Balaban J connectivity index is 1.46. The highest BCUT2D eigenvalue weighted by Gasteiger charge is 2.59. The summed E-state index contributed by atoms with van der Waals surface area (Å²) in [7, 11) is 0. The van der Waals surface area contributed by atoms with Crippen molar-refractivity contribution in [2.45, 2.75) is 118 Å². The largest absolute Gasteiger partial charge is 0.0628 e. The van der Waals surface area contributed by atoms with Crippen molar-refractivity contribution in [3.8, 4) is 0 Å². The average molecular weight is 373 g/mol. The van der Waals surface area contributed by atoms with Crippen molar-refractivity contribution < 1.29 is 0 Å². The van der Waals surface area contributed by atoms with Crippen LogP contribution in [0.3, 0.4) is 0 Å². The molecule has 156 valence electrons. The van der Waals surface area contributed by atoms with Gasteiger partial charge in [0.15, 0.2) is 0 Å². The fourth-order valence-electron chi connectivity index (χ4n) is 9.32. The minimum atomic E-state index is 0.677. The molecule has 0 heteroatoms. The van der Waals surface area contributed by atoms with E-state index in [1.165, 1.54) is 32.1 Å². The molecule has 0 aromatic rings. The third-order valence-corrected chi connectivity index (χ3v) is 10.8. The van der Waals surface area contributed by atoms with Gasteiger partial charge in [-0.25, -0.2) is 0 Å². The Morgan fingerprint density at radius 2 is 1.52 bits per heavy atom. The summed E-state index contributed by atoms with van der Waals surface area (Å²) in [6.45, 7) is 12.9. The molecule has 0 aromatic carbocycles. The van der Waals surface area contributed by atoms with E-state index >= 15 is 0 Å². The van der Waals surface area contributed by atoms with Crippen LogP contribution in [0.2, 0.25) is 0 Å². The molecule has 0 aromatic heterocycles. The number of rotatable bonds is 5. The molecule has 4 rings (SSSR count). The summed E-state index contributed by atoms with van der Waals surface area (Å²) < 4.78 is 0. The molecule has 4 aliphatic rings. The van der Waals surface area contributed by atoms with Crippen molar-refractivity contribution >= 4 is 0 Å². The molecule has 0 amide bonds. The summed E-state index contributed by atoms with van der Waals surface area (Å²) in [6, 6.07) is 0. The predicted octanol–water partition coefficient (Wildman–Crippen LogP) is 8.50. The second-order valence-corrected chi connectivity index (χ2v) is 12.4. The van der Waals surface area contributed by atoms with Gasteiger partial charge in [0, 0.05) is 0 Å². The van der Waals surface area contributed by atoms with Gasteiger partial charge >= 0.3 is 0 Å². The lowest BCUT2D eigenvalue weighted by Gasteiger charge is -2.61. The maximum atomic E-state index is 2.75. The number of fused-ring (bicyclic) bond motifs is 5. The number of hydrogen-bond donors (Lipinski definition) is 0. The summed E-state index contributed by atoms with van der Waals surface area (Å²) in [5, 5.41) is 0. The van der Waals surface area contributed by atoms with Crippen molar-refractivity contribution in [1.82, 2.24) is 0 Å². The molecule has 4 fully saturated rings. The summed E-state index contributed by atoms with van der Waals surface area (Å²) in [4.78, 5) is 0. The molecular weight excluding hydrogens is 324 g/mol. The monoisotopic (exact) mass is 372 g/mol. The van der Waals surface area contributed by atoms with Crippen LogP contribution in [0, 0.1) is 52.3 Å². The van der Waals surface area contributed by atoms with E-state index in [2.05, 4.69) is 34.6 Å². The fraction of sp³-hybridized carbons (Fsp3) is 1.00. The molecule has 0 N–H and O–H groups in total. The van der Waals surface area contributed by atoms with Gasteiger partial charge in [0.2, 0.25) is 0 Å². The zero-order valence-electron chi connectivity index (χ0n) is 19.2. The lowest BCUT2D eigenvalue weighted by atomic mass is 9.44. The van der Waals surface area contributed by atoms with Gasteiger partial charge in [-0.15, -0.1) is 0 Å². The van der Waals surface area contributed by atoms with Gasteiger partial charge in [-0.05, 0) is 104 Å². The van der Waals surface area contributed by atoms with Crippen LogP contribution in [-0.4, -0.2) is 0 Å². The first-order valence-electron chi connectivity index (χ1n) is 12.9. The van der Waals surface area contributed by atoms with Crippen LogP contribution in [0.15, 0.2) is 0 Å². The molecule has 0 nitrogen and oxygen atoms in total. The zero-order chi connectivity index (χ0) is 19.2. The fourth-order valence-corrected chi connectivity index (χ4v) is 9.32. The predicted molar refractivity (Wildman–Crippen MR) is 118 cm³/mol.